The monoisotopic (exact) mass is 300 g/mol. The Morgan fingerprint density at radius 3 is 2.24 bits per heavy atom. The molecule has 0 radical (unpaired) electrons. The van der Waals surface area contributed by atoms with E-state index >= 15 is 0 Å². The topological polar surface area (TPSA) is 69.2 Å². The average molecular weight is 301 g/mol. The molecule has 1 aromatic heterocycles. The molecule has 0 saturated carbocycles. The molecule has 104 valence electrons. The smallest absolute Gasteiger partial charge is 0.269 e. The fourth-order valence-corrected chi connectivity index (χ4v) is 2.04. The second-order valence-corrected chi connectivity index (χ2v) is 4.82. The highest BCUT2D eigenvalue weighted by atomic mass is 35.5. The number of non-ortho nitro benzene ring substituents is 1. The third-order valence-electron chi connectivity index (χ3n) is 3.01. The zero-order valence-electron chi connectivity index (χ0n) is 10.7. The summed E-state index contributed by atoms with van der Waals surface area (Å²) in [6.07, 6.45) is 0. The number of nitrogens with zero attached hydrogens (tertiary/aromatic N) is 2. The third kappa shape index (κ3) is 2.78. The highest BCUT2D eigenvalue weighted by molar-refractivity contribution is 6.30. The van der Waals surface area contributed by atoms with E-state index in [1.54, 1.807) is 30.3 Å². The lowest BCUT2D eigenvalue weighted by molar-refractivity contribution is -0.384. The largest absolute Gasteiger partial charge is 0.356 e. The normalized spacial score (nSPS) is 10.5. The second-order valence-electron chi connectivity index (χ2n) is 4.39. The molecule has 0 aliphatic carbocycles. The number of halogens is 1. The quantitative estimate of drug-likeness (QED) is 0.525. The molecule has 0 aliphatic rings. The predicted molar refractivity (Wildman–Crippen MR) is 79.0 cm³/mol. The maximum absolute atomic E-state index is 10.6. The minimum absolute atomic E-state index is 0.0418. The van der Waals surface area contributed by atoms with Gasteiger partial charge in [0.1, 0.15) is 5.69 Å². The van der Waals surface area contributed by atoms with E-state index in [0.29, 0.717) is 16.5 Å². The van der Waals surface area contributed by atoms with E-state index in [4.69, 9.17) is 16.1 Å². The Hall–Kier alpha value is -2.66. The molecule has 0 amide bonds. The van der Waals surface area contributed by atoms with Gasteiger partial charge in [0.05, 0.1) is 4.92 Å². The van der Waals surface area contributed by atoms with Gasteiger partial charge in [-0.15, -0.1) is 0 Å². The number of nitro benzene ring substituents is 1. The van der Waals surface area contributed by atoms with Gasteiger partial charge in [-0.1, -0.05) is 16.8 Å². The van der Waals surface area contributed by atoms with Crippen molar-refractivity contribution in [3.63, 3.8) is 0 Å². The lowest BCUT2D eigenvalue weighted by Crippen LogP contribution is -1.87. The number of benzene rings is 2. The maximum atomic E-state index is 10.6. The van der Waals surface area contributed by atoms with Crippen LogP contribution < -0.4 is 0 Å². The number of hydrogen-bond donors (Lipinski definition) is 0. The van der Waals surface area contributed by atoms with Crippen molar-refractivity contribution < 1.29 is 9.45 Å². The zero-order valence-corrected chi connectivity index (χ0v) is 11.4. The maximum Gasteiger partial charge on any atom is 0.269 e. The minimum Gasteiger partial charge on any atom is -0.356 e. The van der Waals surface area contributed by atoms with Crippen molar-refractivity contribution in [2.24, 2.45) is 0 Å². The van der Waals surface area contributed by atoms with Gasteiger partial charge < -0.3 is 4.52 Å². The van der Waals surface area contributed by atoms with Crippen molar-refractivity contribution in [3.05, 3.63) is 69.7 Å². The summed E-state index contributed by atoms with van der Waals surface area (Å²) in [6, 6.07) is 15.1. The van der Waals surface area contributed by atoms with E-state index in [9.17, 15) is 10.1 Å². The molecule has 21 heavy (non-hydrogen) atoms. The average Bonchev–Trinajstić information content (AvgIpc) is 2.98. The summed E-state index contributed by atoms with van der Waals surface area (Å²) in [5.74, 6) is 0.611. The molecule has 0 bridgehead atoms. The summed E-state index contributed by atoms with van der Waals surface area (Å²) in [5, 5.41) is 15.3. The van der Waals surface area contributed by atoms with E-state index in [2.05, 4.69) is 5.16 Å². The summed E-state index contributed by atoms with van der Waals surface area (Å²) in [4.78, 5) is 10.2. The van der Waals surface area contributed by atoms with Crippen LogP contribution in [0.25, 0.3) is 22.6 Å². The van der Waals surface area contributed by atoms with Gasteiger partial charge in [0.25, 0.3) is 5.69 Å². The van der Waals surface area contributed by atoms with Crippen LogP contribution in [0.15, 0.2) is 59.1 Å². The van der Waals surface area contributed by atoms with E-state index in [-0.39, 0.29) is 5.69 Å². The first-order valence-electron chi connectivity index (χ1n) is 6.11. The highest BCUT2D eigenvalue weighted by Gasteiger charge is 2.10. The molecule has 1 heterocycles. The molecule has 5 nitrogen and oxygen atoms in total. The van der Waals surface area contributed by atoms with Gasteiger partial charge in [0.15, 0.2) is 5.76 Å². The molecule has 3 aromatic rings. The van der Waals surface area contributed by atoms with Crippen LogP contribution in [0.1, 0.15) is 0 Å². The van der Waals surface area contributed by atoms with Crippen LogP contribution in [0.2, 0.25) is 5.02 Å². The van der Waals surface area contributed by atoms with Gasteiger partial charge in [-0.3, -0.25) is 10.1 Å². The Morgan fingerprint density at radius 1 is 1.00 bits per heavy atom. The van der Waals surface area contributed by atoms with E-state index in [1.165, 1.54) is 12.1 Å². The van der Waals surface area contributed by atoms with Gasteiger partial charge in [-0.05, 0) is 36.4 Å². The van der Waals surface area contributed by atoms with Crippen LogP contribution in [0, 0.1) is 10.1 Å². The number of rotatable bonds is 3. The first-order valence-corrected chi connectivity index (χ1v) is 6.49. The molecule has 0 saturated heterocycles. The second kappa shape index (κ2) is 5.38. The summed E-state index contributed by atoms with van der Waals surface area (Å²) < 4.78 is 5.30. The van der Waals surface area contributed by atoms with Crippen molar-refractivity contribution >= 4 is 17.3 Å². The van der Waals surface area contributed by atoms with Crippen LogP contribution in [-0.2, 0) is 0 Å². The summed E-state index contributed by atoms with van der Waals surface area (Å²) >= 11 is 5.84. The van der Waals surface area contributed by atoms with Crippen LogP contribution in [0.4, 0.5) is 5.69 Å². The third-order valence-corrected chi connectivity index (χ3v) is 3.26. The van der Waals surface area contributed by atoms with Gasteiger partial charge in [-0.25, -0.2) is 0 Å². The van der Waals surface area contributed by atoms with Crippen molar-refractivity contribution in [1.29, 1.82) is 0 Å². The number of aromatic nitrogens is 1. The van der Waals surface area contributed by atoms with Gasteiger partial charge in [0, 0.05) is 34.3 Å². The molecule has 3 rings (SSSR count). The Bertz CT molecular complexity index is 779. The van der Waals surface area contributed by atoms with E-state index in [1.807, 2.05) is 12.1 Å². The van der Waals surface area contributed by atoms with Crippen LogP contribution >= 0.6 is 11.6 Å². The van der Waals surface area contributed by atoms with Gasteiger partial charge >= 0.3 is 0 Å². The number of hydrogen-bond acceptors (Lipinski definition) is 4. The molecule has 0 spiro atoms. The van der Waals surface area contributed by atoms with E-state index in [0.717, 1.165) is 11.1 Å². The molecular weight excluding hydrogens is 292 g/mol. The highest BCUT2D eigenvalue weighted by Crippen LogP contribution is 2.27. The molecule has 0 fully saturated rings. The van der Waals surface area contributed by atoms with Crippen molar-refractivity contribution in [2.45, 2.75) is 0 Å². The fraction of sp³-hybridized carbons (Fsp3) is 0. The summed E-state index contributed by atoms with van der Waals surface area (Å²) in [5.41, 5.74) is 2.28. The van der Waals surface area contributed by atoms with Crippen molar-refractivity contribution in [2.75, 3.05) is 0 Å². The van der Waals surface area contributed by atoms with Gasteiger partial charge in [-0.2, -0.15) is 0 Å². The molecular formula is C15H9ClN2O3. The predicted octanol–water partition coefficient (Wildman–Crippen LogP) is 4.57. The van der Waals surface area contributed by atoms with Crippen LogP contribution in [0.3, 0.4) is 0 Å². The number of nitro groups is 1. The molecule has 0 unspecified atom stereocenters. The van der Waals surface area contributed by atoms with Crippen LogP contribution in [0.5, 0.6) is 0 Å². The minimum atomic E-state index is -0.439. The van der Waals surface area contributed by atoms with Gasteiger partial charge in [0.2, 0.25) is 0 Å². The first kappa shape index (κ1) is 13.3. The lowest BCUT2D eigenvalue weighted by atomic mass is 10.1. The summed E-state index contributed by atoms with van der Waals surface area (Å²) in [7, 11) is 0. The zero-order chi connectivity index (χ0) is 14.8. The molecule has 6 heteroatoms. The fourth-order valence-electron chi connectivity index (χ4n) is 1.92. The van der Waals surface area contributed by atoms with Crippen LogP contribution in [-0.4, -0.2) is 10.1 Å². The molecule has 2 aromatic carbocycles. The summed E-state index contributed by atoms with van der Waals surface area (Å²) in [6.45, 7) is 0. The Kier molecular flexibility index (Phi) is 3.41. The SMILES string of the molecule is O=[N+]([O-])c1ccc(-c2cc(-c3ccc(Cl)cc3)on2)cc1. The van der Waals surface area contributed by atoms with E-state index < -0.39 is 4.92 Å². The Balaban J connectivity index is 1.90. The Morgan fingerprint density at radius 2 is 1.62 bits per heavy atom. The molecule has 0 atom stereocenters. The van der Waals surface area contributed by atoms with Crippen molar-refractivity contribution in [3.8, 4) is 22.6 Å². The van der Waals surface area contributed by atoms with Crippen molar-refractivity contribution in [1.82, 2.24) is 5.16 Å². The molecule has 0 aliphatic heterocycles. The standard InChI is InChI=1S/C15H9ClN2O3/c16-12-5-1-11(2-6-12)15-9-14(17-21-15)10-3-7-13(8-4-10)18(19)20/h1-9H. The molecule has 0 N–H and O–H groups in total. The first-order chi connectivity index (χ1) is 10.1. The lowest BCUT2D eigenvalue weighted by Gasteiger charge is -1.95. The Labute approximate surface area is 124 Å².